The lowest BCUT2D eigenvalue weighted by molar-refractivity contribution is 0.0697. The summed E-state index contributed by atoms with van der Waals surface area (Å²) in [4.78, 5) is 29.6. The highest BCUT2D eigenvalue weighted by molar-refractivity contribution is 5.92. The van der Waals surface area contributed by atoms with E-state index < -0.39 is 5.97 Å². The summed E-state index contributed by atoms with van der Waals surface area (Å²) in [5.41, 5.74) is 7.97. The van der Waals surface area contributed by atoms with Gasteiger partial charge in [0.15, 0.2) is 5.69 Å². The zero-order chi connectivity index (χ0) is 32.3. The molecule has 0 aliphatic carbocycles. The van der Waals surface area contributed by atoms with Crippen LogP contribution < -0.4 is 9.47 Å². The van der Waals surface area contributed by atoms with Gasteiger partial charge in [-0.25, -0.2) is 24.6 Å². The first-order valence-electron chi connectivity index (χ1n) is 15.6. The monoisotopic (exact) mass is 624 g/mol. The second-order valence-electron chi connectivity index (χ2n) is 11.5. The lowest BCUT2D eigenvalue weighted by Crippen LogP contribution is -2.11. The average molecular weight is 625 g/mol. The van der Waals surface area contributed by atoms with Crippen molar-refractivity contribution in [3.05, 3.63) is 131 Å². The zero-order valence-electron chi connectivity index (χ0n) is 25.9. The van der Waals surface area contributed by atoms with E-state index in [0.29, 0.717) is 37.7 Å². The number of carboxylic acid groups (broad SMARTS) is 1. The van der Waals surface area contributed by atoms with Gasteiger partial charge in [-0.3, -0.25) is 0 Å². The molecular weight excluding hydrogens is 592 g/mol. The lowest BCUT2D eigenvalue weighted by atomic mass is 10.0. The van der Waals surface area contributed by atoms with Gasteiger partial charge in [0.05, 0.1) is 54.0 Å². The lowest BCUT2D eigenvalue weighted by Gasteiger charge is -2.17. The van der Waals surface area contributed by atoms with Crippen molar-refractivity contribution in [2.45, 2.75) is 45.9 Å². The number of hydrogen-bond donors (Lipinski definition) is 1. The predicted octanol–water partition coefficient (Wildman–Crippen LogP) is 7.11. The number of fused-ring (bicyclic) bond motifs is 7. The minimum Gasteiger partial charge on any atom is -0.493 e. The van der Waals surface area contributed by atoms with Crippen molar-refractivity contribution in [3.8, 4) is 22.9 Å². The fourth-order valence-corrected chi connectivity index (χ4v) is 6.02. The second-order valence-corrected chi connectivity index (χ2v) is 11.5. The number of aryl methyl sites for hydroxylation is 2. The highest BCUT2D eigenvalue weighted by Crippen LogP contribution is 2.32. The Morgan fingerprint density at radius 2 is 1.94 bits per heavy atom. The van der Waals surface area contributed by atoms with E-state index in [2.05, 4.69) is 25.9 Å². The number of aromatic carboxylic acids is 1. The zero-order valence-corrected chi connectivity index (χ0v) is 25.9. The van der Waals surface area contributed by atoms with Gasteiger partial charge in [-0.2, -0.15) is 0 Å². The summed E-state index contributed by atoms with van der Waals surface area (Å²) in [6, 6.07) is 22.6. The molecule has 6 aromatic rings. The van der Waals surface area contributed by atoms with Crippen molar-refractivity contribution in [2.75, 3.05) is 6.61 Å². The summed E-state index contributed by atoms with van der Waals surface area (Å²) in [6.45, 7) is 11.6. The van der Waals surface area contributed by atoms with E-state index in [-0.39, 0.29) is 5.56 Å². The standard InChI is InChI=1S/C37H32N6O4/c1-3-42-23-39-20-30(42)21-43-33-17-27(37(44)45)12-14-32(33)40-35(43)19-26-10-9-25-18-34(26)46-15-5-6-24-16-29(38-2)13-11-28(24)22-47-36-8-4-7-31(25)41-36/h4,7-14,16-18,20,23H,3,5-6,15,19,21-22H2,1H3,(H,44,45). The first-order valence-corrected chi connectivity index (χ1v) is 15.6. The van der Waals surface area contributed by atoms with Gasteiger partial charge < -0.3 is 23.7 Å². The van der Waals surface area contributed by atoms with Crippen LogP contribution in [0.2, 0.25) is 0 Å². The third-order valence-electron chi connectivity index (χ3n) is 8.51. The molecule has 4 heterocycles. The van der Waals surface area contributed by atoms with Crippen LogP contribution in [0.5, 0.6) is 11.6 Å². The first kappa shape index (κ1) is 29.7. The van der Waals surface area contributed by atoms with E-state index in [0.717, 1.165) is 75.6 Å². The maximum Gasteiger partial charge on any atom is 0.335 e. The van der Waals surface area contributed by atoms with Crippen molar-refractivity contribution < 1.29 is 19.4 Å². The van der Waals surface area contributed by atoms with Crippen LogP contribution in [0.1, 0.15) is 51.9 Å². The van der Waals surface area contributed by atoms with Gasteiger partial charge in [-0.15, -0.1) is 0 Å². The molecule has 47 heavy (non-hydrogen) atoms. The van der Waals surface area contributed by atoms with Crippen LogP contribution in [-0.2, 0) is 32.5 Å². The number of ether oxygens (including phenoxy) is 2. The van der Waals surface area contributed by atoms with E-state index in [9.17, 15) is 9.90 Å². The Bertz CT molecular complexity index is 2160. The molecule has 0 amide bonds. The summed E-state index contributed by atoms with van der Waals surface area (Å²) < 4.78 is 16.8. The van der Waals surface area contributed by atoms with E-state index in [1.807, 2.05) is 60.8 Å². The molecule has 1 aliphatic heterocycles. The Kier molecular flexibility index (Phi) is 8.11. The van der Waals surface area contributed by atoms with Crippen LogP contribution in [0.3, 0.4) is 0 Å². The molecule has 0 saturated carbocycles. The summed E-state index contributed by atoms with van der Waals surface area (Å²) in [5.74, 6) is 1.05. The van der Waals surface area contributed by atoms with Crippen molar-refractivity contribution in [1.29, 1.82) is 0 Å². The smallest absolute Gasteiger partial charge is 0.335 e. The molecule has 7 rings (SSSR count). The van der Waals surface area contributed by atoms with Crippen LogP contribution >= 0.6 is 0 Å². The second kappa shape index (κ2) is 12.8. The van der Waals surface area contributed by atoms with Crippen molar-refractivity contribution in [1.82, 2.24) is 24.1 Å². The van der Waals surface area contributed by atoms with Crippen LogP contribution in [0.25, 0.3) is 27.1 Å². The number of carbonyl (C=O) groups is 1. The first-order chi connectivity index (χ1) is 23.0. The van der Waals surface area contributed by atoms with Crippen LogP contribution in [0, 0.1) is 6.57 Å². The molecule has 1 N–H and O–H groups in total. The van der Waals surface area contributed by atoms with E-state index in [1.165, 1.54) is 0 Å². The third-order valence-corrected chi connectivity index (χ3v) is 8.51. The molecule has 234 valence electrons. The Balaban J connectivity index is 1.27. The number of carboxylic acids is 1. The minimum atomic E-state index is -0.984. The van der Waals surface area contributed by atoms with Crippen molar-refractivity contribution >= 4 is 22.7 Å². The molecule has 1 aliphatic rings. The number of hydrogen-bond acceptors (Lipinski definition) is 6. The minimum absolute atomic E-state index is 0.208. The molecular formula is C37H32N6O4. The van der Waals surface area contributed by atoms with Crippen molar-refractivity contribution in [2.24, 2.45) is 0 Å². The van der Waals surface area contributed by atoms with Gasteiger partial charge in [0.25, 0.3) is 0 Å². The Hall–Kier alpha value is -5.95. The molecule has 0 unspecified atom stereocenters. The number of benzene rings is 3. The van der Waals surface area contributed by atoms with Crippen LogP contribution in [0.4, 0.5) is 5.69 Å². The SMILES string of the molecule is [C-]#[N+]c1ccc2c(c1)CCCOc1cc(ccc1Cc1nc3ccc(C(=O)O)cc3n1Cc1cncn1CC)-c1cccc(n1)OC2. The van der Waals surface area contributed by atoms with Crippen molar-refractivity contribution in [3.63, 3.8) is 0 Å². The van der Waals surface area contributed by atoms with Gasteiger partial charge >= 0.3 is 5.97 Å². The molecule has 10 heteroatoms. The predicted molar refractivity (Wildman–Crippen MR) is 177 cm³/mol. The molecule has 0 radical (unpaired) electrons. The molecule has 4 bridgehead atoms. The Morgan fingerprint density at radius 1 is 1.02 bits per heavy atom. The summed E-state index contributed by atoms with van der Waals surface area (Å²) in [7, 11) is 0. The van der Waals surface area contributed by atoms with Crippen LogP contribution in [-0.4, -0.2) is 41.8 Å². The maximum atomic E-state index is 11.9. The fourth-order valence-electron chi connectivity index (χ4n) is 6.02. The van der Waals surface area contributed by atoms with E-state index in [4.69, 9.17) is 26.0 Å². The van der Waals surface area contributed by atoms with Gasteiger partial charge in [0.2, 0.25) is 5.88 Å². The summed E-state index contributed by atoms with van der Waals surface area (Å²) in [6.07, 6.45) is 5.58. The average Bonchev–Trinajstić information content (AvgIpc) is 3.69. The number of nitrogens with zero attached hydrogens (tertiary/aromatic N) is 6. The summed E-state index contributed by atoms with van der Waals surface area (Å²) in [5, 5.41) is 9.72. The maximum absolute atomic E-state index is 11.9. The third kappa shape index (κ3) is 6.16. The number of imidazole rings is 2. The molecule has 0 fully saturated rings. The van der Waals surface area contributed by atoms with Gasteiger partial charge in [0.1, 0.15) is 18.2 Å². The van der Waals surface area contributed by atoms with E-state index in [1.54, 1.807) is 24.5 Å². The molecule has 0 spiro atoms. The number of pyridine rings is 1. The molecule has 3 aromatic heterocycles. The summed E-state index contributed by atoms with van der Waals surface area (Å²) >= 11 is 0. The van der Waals surface area contributed by atoms with Gasteiger partial charge in [0, 0.05) is 36.4 Å². The topological polar surface area (TPSA) is 109 Å². The number of aromatic nitrogens is 5. The molecule has 3 aromatic carbocycles. The number of rotatable bonds is 6. The normalized spacial score (nSPS) is 12.8. The molecule has 0 saturated heterocycles. The van der Waals surface area contributed by atoms with E-state index >= 15 is 0 Å². The highest BCUT2D eigenvalue weighted by atomic mass is 16.5. The van der Waals surface area contributed by atoms with Crippen LogP contribution in [0.15, 0.2) is 85.3 Å². The van der Waals surface area contributed by atoms with Gasteiger partial charge in [-0.1, -0.05) is 42.0 Å². The fraction of sp³-hybridized carbons (Fsp3) is 0.216. The molecule has 0 atom stereocenters. The Labute approximate surface area is 271 Å². The Morgan fingerprint density at radius 3 is 2.79 bits per heavy atom. The highest BCUT2D eigenvalue weighted by Gasteiger charge is 2.19. The largest absolute Gasteiger partial charge is 0.493 e. The molecule has 10 nitrogen and oxygen atoms in total. The van der Waals surface area contributed by atoms with Gasteiger partial charge in [-0.05, 0) is 55.7 Å². The quantitative estimate of drug-likeness (QED) is 0.197.